The van der Waals surface area contributed by atoms with E-state index in [9.17, 15) is 9.90 Å². The number of aryl methyl sites for hydroxylation is 1. The number of rotatable bonds is 5. The maximum atomic E-state index is 12.5. The van der Waals surface area contributed by atoms with Crippen LogP contribution in [-0.2, 0) is 4.74 Å². The second-order valence-corrected chi connectivity index (χ2v) is 5.12. The van der Waals surface area contributed by atoms with Gasteiger partial charge in [0.05, 0.1) is 23.8 Å². The largest absolute Gasteiger partial charge is 0.389 e. The lowest BCUT2D eigenvalue weighted by molar-refractivity contribution is 0.0381. The summed E-state index contributed by atoms with van der Waals surface area (Å²) in [5, 5.41) is 10.7. The quantitative estimate of drug-likeness (QED) is 0.908. The number of ether oxygens (including phenoxy) is 1. The van der Waals surface area contributed by atoms with Crippen LogP contribution < -0.4 is 0 Å². The van der Waals surface area contributed by atoms with E-state index in [-0.39, 0.29) is 19.1 Å². The van der Waals surface area contributed by atoms with Gasteiger partial charge in [0.25, 0.3) is 5.91 Å². The molecule has 0 bridgehead atoms. The predicted molar refractivity (Wildman–Crippen MR) is 81.3 cm³/mol. The van der Waals surface area contributed by atoms with Gasteiger partial charge in [-0.3, -0.25) is 9.78 Å². The lowest BCUT2D eigenvalue weighted by atomic mass is 10.1. The number of nitrogens with zero attached hydrogens (tertiary/aromatic N) is 2. The molecular weight excluding hydrogens is 268 g/mol. The molecule has 112 valence electrons. The highest BCUT2D eigenvalue weighted by molar-refractivity contribution is 6.05. The average molecular weight is 288 g/mol. The molecule has 2 aromatic rings. The fraction of sp³-hybridized carbons (Fsp3) is 0.375. The van der Waals surface area contributed by atoms with Crippen molar-refractivity contribution in [2.45, 2.75) is 13.0 Å². The third-order valence-corrected chi connectivity index (χ3v) is 3.28. The summed E-state index contributed by atoms with van der Waals surface area (Å²) < 4.78 is 4.88. The second kappa shape index (κ2) is 6.65. The molecule has 1 atom stereocenters. The smallest absolute Gasteiger partial charge is 0.255 e. The molecule has 5 heteroatoms. The Kier molecular flexibility index (Phi) is 4.88. The lowest BCUT2D eigenvalue weighted by Gasteiger charge is -2.21. The average Bonchev–Trinajstić information content (AvgIpc) is 2.46. The molecule has 1 unspecified atom stereocenters. The van der Waals surface area contributed by atoms with Crippen molar-refractivity contribution in [2.24, 2.45) is 0 Å². The number of hydrogen-bond acceptors (Lipinski definition) is 4. The summed E-state index contributed by atoms with van der Waals surface area (Å²) in [7, 11) is 3.18. The summed E-state index contributed by atoms with van der Waals surface area (Å²) in [5.41, 5.74) is 2.10. The maximum Gasteiger partial charge on any atom is 0.255 e. The number of carbonyl (C=O) groups excluding carboxylic acids is 1. The molecule has 21 heavy (non-hydrogen) atoms. The minimum absolute atomic E-state index is 0.158. The van der Waals surface area contributed by atoms with Crippen LogP contribution in [0.25, 0.3) is 10.9 Å². The van der Waals surface area contributed by atoms with Gasteiger partial charge >= 0.3 is 0 Å². The molecular formula is C16H20N2O3. The van der Waals surface area contributed by atoms with Gasteiger partial charge in [-0.25, -0.2) is 0 Å². The van der Waals surface area contributed by atoms with Crippen molar-refractivity contribution in [1.29, 1.82) is 0 Å². The Morgan fingerprint density at radius 2 is 2.14 bits per heavy atom. The van der Waals surface area contributed by atoms with Gasteiger partial charge in [0.1, 0.15) is 0 Å². The highest BCUT2D eigenvalue weighted by Crippen LogP contribution is 2.18. The van der Waals surface area contributed by atoms with Crippen molar-refractivity contribution in [2.75, 3.05) is 27.3 Å². The Balaban J connectivity index is 2.28. The molecule has 1 aromatic carbocycles. The standard InChI is InChI=1S/C16H20N2O3/c1-11-7-8-12-5-4-6-14(15(12)17-11)16(20)18(2)9-13(19)10-21-3/h4-8,13,19H,9-10H2,1-3H3. The molecule has 1 heterocycles. The first kappa shape index (κ1) is 15.4. The predicted octanol–water partition coefficient (Wildman–Crippen LogP) is 1.62. The van der Waals surface area contributed by atoms with E-state index in [0.717, 1.165) is 11.1 Å². The van der Waals surface area contributed by atoms with Gasteiger partial charge in [0, 0.05) is 31.8 Å². The fourth-order valence-corrected chi connectivity index (χ4v) is 2.27. The molecule has 0 saturated heterocycles. The molecule has 0 saturated carbocycles. The van der Waals surface area contributed by atoms with Crippen LogP contribution in [0, 0.1) is 6.92 Å². The summed E-state index contributed by atoms with van der Waals surface area (Å²) in [6.07, 6.45) is -0.700. The normalized spacial score (nSPS) is 12.4. The fourth-order valence-electron chi connectivity index (χ4n) is 2.27. The number of aromatic nitrogens is 1. The number of hydrogen-bond donors (Lipinski definition) is 1. The van der Waals surface area contributed by atoms with E-state index in [1.807, 2.05) is 31.2 Å². The summed E-state index contributed by atoms with van der Waals surface area (Å²) in [5.74, 6) is -0.158. The molecule has 0 aliphatic rings. The van der Waals surface area contributed by atoms with Gasteiger partial charge in [-0.2, -0.15) is 0 Å². The molecule has 0 aliphatic carbocycles. The molecule has 1 N–H and O–H groups in total. The van der Waals surface area contributed by atoms with E-state index in [1.54, 1.807) is 13.1 Å². The Morgan fingerprint density at radius 1 is 1.38 bits per heavy atom. The monoisotopic (exact) mass is 288 g/mol. The Hall–Kier alpha value is -1.98. The number of aliphatic hydroxyl groups excluding tert-OH is 1. The highest BCUT2D eigenvalue weighted by atomic mass is 16.5. The molecule has 0 radical (unpaired) electrons. The zero-order valence-corrected chi connectivity index (χ0v) is 12.5. The van der Waals surface area contributed by atoms with Crippen molar-refractivity contribution >= 4 is 16.8 Å². The number of likely N-dealkylation sites (N-methyl/N-ethyl adjacent to an activating group) is 1. The number of carbonyl (C=O) groups is 1. The van der Waals surface area contributed by atoms with E-state index in [0.29, 0.717) is 11.1 Å². The zero-order valence-electron chi connectivity index (χ0n) is 12.5. The van der Waals surface area contributed by atoms with Crippen molar-refractivity contribution in [1.82, 2.24) is 9.88 Å². The first-order valence-electron chi connectivity index (χ1n) is 6.81. The second-order valence-electron chi connectivity index (χ2n) is 5.12. The molecule has 0 spiro atoms. The van der Waals surface area contributed by atoms with E-state index in [2.05, 4.69) is 4.98 Å². The van der Waals surface area contributed by atoms with Crippen LogP contribution in [0.1, 0.15) is 16.1 Å². The minimum atomic E-state index is -0.700. The first-order valence-corrected chi connectivity index (χ1v) is 6.81. The van der Waals surface area contributed by atoms with Crippen LogP contribution in [0.5, 0.6) is 0 Å². The number of methoxy groups -OCH3 is 1. The van der Waals surface area contributed by atoms with Crippen molar-refractivity contribution in [3.05, 3.63) is 41.6 Å². The molecule has 0 aliphatic heterocycles. The molecule has 2 rings (SSSR count). The van der Waals surface area contributed by atoms with Crippen LogP contribution >= 0.6 is 0 Å². The molecule has 1 aromatic heterocycles. The SMILES string of the molecule is COCC(O)CN(C)C(=O)c1cccc2ccc(C)nc12. The first-order chi connectivity index (χ1) is 10.0. The highest BCUT2D eigenvalue weighted by Gasteiger charge is 2.18. The van der Waals surface area contributed by atoms with E-state index in [4.69, 9.17) is 4.74 Å². The summed E-state index contributed by atoms with van der Waals surface area (Å²) in [6, 6.07) is 9.40. The summed E-state index contributed by atoms with van der Waals surface area (Å²) >= 11 is 0. The number of aliphatic hydroxyl groups is 1. The minimum Gasteiger partial charge on any atom is -0.389 e. The Bertz CT molecular complexity index is 642. The van der Waals surface area contributed by atoms with E-state index >= 15 is 0 Å². The lowest BCUT2D eigenvalue weighted by Crippen LogP contribution is -2.36. The maximum absolute atomic E-state index is 12.5. The number of amides is 1. The number of benzene rings is 1. The van der Waals surface area contributed by atoms with Crippen molar-refractivity contribution in [3.8, 4) is 0 Å². The van der Waals surface area contributed by atoms with Gasteiger partial charge in [-0.05, 0) is 19.1 Å². The van der Waals surface area contributed by atoms with Crippen LogP contribution in [0.3, 0.4) is 0 Å². The van der Waals surface area contributed by atoms with E-state index < -0.39 is 6.10 Å². The van der Waals surface area contributed by atoms with Crippen LogP contribution in [0.2, 0.25) is 0 Å². The van der Waals surface area contributed by atoms with Gasteiger partial charge in [-0.15, -0.1) is 0 Å². The van der Waals surface area contributed by atoms with Gasteiger partial charge in [0.15, 0.2) is 0 Å². The van der Waals surface area contributed by atoms with E-state index in [1.165, 1.54) is 12.0 Å². The van der Waals surface area contributed by atoms with Gasteiger partial charge in [-0.1, -0.05) is 18.2 Å². The molecule has 0 fully saturated rings. The summed E-state index contributed by atoms with van der Waals surface area (Å²) in [4.78, 5) is 18.5. The van der Waals surface area contributed by atoms with Crippen molar-refractivity contribution in [3.63, 3.8) is 0 Å². The number of fused-ring (bicyclic) bond motifs is 1. The Labute approximate surface area is 124 Å². The van der Waals surface area contributed by atoms with Gasteiger partial charge in [0.2, 0.25) is 0 Å². The Morgan fingerprint density at radius 3 is 2.86 bits per heavy atom. The van der Waals surface area contributed by atoms with Crippen molar-refractivity contribution < 1.29 is 14.6 Å². The third kappa shape index (κ3) is 3.56. The third-order valence-electron chi connectivity index (χ3n) is 3.28. The van der Waals surface area contributed by atoms with Crippen LogP contribution in [0.15, 0.2) is 30.3 Å². The zero-order chi connectivity index (χ0) is 15.4. The van der Waals surface area contributed by atoms with Gasteiger partial charge < -0.3 is 14.7 Å². The van der Waals surface area contributed by atoms with Crippen LogP contribution in [-0.4, -0.2) is 54.3 Å². The molecule has 1 amide bonds. The van der Waals surface area contributed by atoms with Crippen LogP contribution in [0.4, 0.5) is 0 Å². The number of para-hydroxylation sites is 1. The summed E-state index contributed by atoms with van der Waals surface area (Å²) in [6.45, 7) is 2.31. The number of pyridine rings is 1. The topological polar surface area (TPSA) is 62.7 Å². The molecule has 5 nitrogen and oxygen atoms in total.